The fourth-order valence-corrected chi connectivity index (χ4v) is 0.375. The normalized spacial score (nSPS) is 6.84. The van der Waals surface area contributed by atoms with Gasteiger partial charge in [0.05, 0.1) is 13.7 Å². The van der Waals surface area contributed by atoms with E-state index < -0.39 is 11.9 Å². The van der Waals surface area contributed by atoms with Crippen LogP contribution in [-0.4, -0.2) is 42.6 Å². The molecular formula is C16H28N2O7. The van der Waals surface area contributed by atoms with Gasteiger partial charge in [0.2, 0.25) is 5.91 Å². The lowest BCUT2D eigenvalue weighted by molar-refractivity contribution is -0.137. The average molecular weight is 360 g/mol. The number of ether oxygens (including phenoxy) is 2. The summed E-state index contributed by atoms with van der Waals surface area (Å²) in [5.74, 6) is -2.17. The number of hydrogen-bond acceptors (Lipinski definition) is 7. The fraction of sp³-hybridized carbons (Fsp3) is 0.250. The van der Waals surface area contributed by atoms with Gasteiger partial charge in [-0.05, 0) is 19.9 Å². The predicted octanol–water partition coefficient (Wildman–Crippen LogP) is 1.55. The number of methoxy groups -OCH3 is 1. The molecule has 0 aliphatic rings. The maximum Gasteiger partial charge on any atom is 0.332 e. The van der Waals surface area contributed by atoms with Crippen LogP contribution in [-0.2, 0) is 28.7 Å². The summed E-state index contributed by atoms with van der Waals surface area (Å²) in [7, 11) is 1.33. The molecular weight excluding hydrogens is 332 g/mol. The van der Waals surface area contributed by atoms with E-state index in [4.69, 9.17) is 5.11 Å². The summed E-state index contributed by atoms with van der Waals surface area (Å²) in [6.45, 7) is 16.4. The highest BCUT2D eigenvalue weighted by Gasteiger charge is 1.95. The zero-order valence-corrected chi connectivity index (χ0v) is 14.9. The summed E-state index contributed by atoms with van der Waals surface area (Å²) in [5, 5.41) is 7.60. The zero-order valence-electron chi connectivity index (χ0n) is 14.9. The van der Waals surface area contributed by atoms with Crippen LogP contribution in [0.4, 0.5) is 0 Å². The van der Waals surface area contributed by atoms with Gasteiger partial charge in [0.1, 0.15) is 0 Å². The number of carboxylic acids is 1. The minimum atomic E-state index is -0.981. The van der Waals surface area contributed by atoms with Gasteiger partial charge in [0, 0.05) is 17.7 Å². The lowest BCUT2D eigenvalue weighted by Crippen LogP contribution is -2.04. The number of aliphatic carboxylic acids is 1. The third-order valence-electron chi connectivity index (χ3n) is 1.36. The molecule has 0 aromatic rings. The molecule has 0 spiro atoms. The molecule has 0 aromatic heterocycles. The molecule has 0 atom stereocenters. The average Bonchev–Trinajstić information content (AvgIpc) is 2.55. The highest BCUT2D eigenvalue weighted by Crippen LogP contribution is 1.87. The molecule has 0 saturated heterocycles. The second-order valence-electron chi connectivity index (χ2n) is 3.38. The molecule has 0 bridgehead atoms. The number of rotatable bonds is 5. The Morgan fingerprint density at radius 3 is 1.48 bits per heavy atom. The summed E-state index contributed by atoms with van der Waals surface area (Å²) in [6.07, 6.45) is 3.03. The number of esters is 2. The molecule has 0 radical (unpaired) electrons. The Bertz CT molecular complexity index is 437. The van der Waals surface area contributed by atoms with Gasteiger partial charge < -0.3 is 26.5 Å². The van der Waals surface area contributed by atoms with Crippen LogP contribution in [0.15, 0.2) is 50.1 Å². The molecule has 0 rings (SSSR count). The second kappa shape index (κ2) is 25.7. The lowest BCUT2D eigenvalue weighted by Gasteiger charge is -1.91. The maximum absolute atomic E-state index is 10.2. The minimum Gasteiger partial charge on any atom is -0.478 e. The molecule has 9 heteroatoms. The second-order valence-corrected chi connectivity index (χ2v) is 3.38. The van der Waals surface area contributed by atoms with Gasteiger partial charge in [-0.25, -0.2) is 14.4 Å². The van der Waals surface area contributed by atoms with Crippen molar-refractivity contribution in [3.05, 3.63) is 50.1 Å². The van der Waals surface area contributed by atoms with Crippen LogP contribution in [0, 0.1) is 0 Å². The Morgan fingerprint density at radius 1 is 1.08 bits per heavy atom. The molecule has 0 aliphatic heterocycles. The van der Waals surface area contributed by atoms with Gasteiger partial charge in [-0.2, -0.15) is 0 Å². The Kier molecular flexibility index (Phi) is 34.4. The molecule has 6 N–H and O–H groups in total. The van der Waals surface area contributed by atoms with E-state index in [-0.39, 0.29) is 18.1 Å². The van der Waals surface area contributed by atoms with Crippen molar-refractivity contribution in [2.75, 3.05) is 13.7 Å². The molecule has 0 aliphatic carbocycles. The van der Waals surface area contributed by atoms with Gasteiger partial charge in [-0.3, -0.25) is 4.79 Å². The van der Waals surface area contributed by atoms with Crippen LogP contribution in [0.1, 0.15) is 13.8 Å². The Balaban J connectivity index is -0.0000000711. The standard InChI is InChI=1S/2C5H8O2.C3H5NO.C3H4O2.H3N/c1-4(2)5(6)7-3;1-3-5(6)7-4-2;2*1-2-3(4)5;/h1H2,2-3H3;3H,1,4H2,2H3;2H,1H2,(H2,4,5);2H,1H2,(H,4,5);1H3. The quantitative estimate of drug-likeness (QED) is 0.490. The molecule has 0 saturated carbocycles. The van der Waals surface area contributed by atoms with E-state index in [1.54, 1.807) is 13.8 Å². The Hall–Kier alpha value is -3.20. The largest absolute Gasteiger partial charge is 0.478 e. The number of primary amides is 1. The molecule has 0 unspecified atom stereocenters. The van der Waals surface area contributed by atoms with Gasteiger partial charge in [-0.1, -0.05) is 26.3 Å². The van der Waals surface area contributed by atoms with Crippen molar-refractivity contribution in [1.82, 2.24) is 6.15 Å². The predicted molar refractivity (Wildman–Crippen MR) is 95.9 cm³/mol. The van der Waals surface area contributed by atoms with Crippen LogP contribution in [0.2, 0.25) is 0 Å². The fourth-order valence-electron chi connectivity index (χ4n) is 0.375. The first-order valence-electron chi connectivity index (χ1n) is 6.34. The van der Waals surface area contributed by atoms with E-state index in [0.717, 1.165) is 18.2 Å². The summed E-state index contributed by atoms with van der Waals surface area (Å²) in [5.41, 5.74) is 4.97. The van der Waals surface area contributed by atoms with Gasteiger partial charge in [0.15, 0.2) is 0 Å². The third kappa shape index (κ3) is 52.8. The van der Waals surface area contributed by atoms with E-state index in [1.165, 1.54) is 7.11 Å². The zero-order chi connectivity index (χ0) is 20.1. The molecule has 1 amide bonds. The number of carboxylic acid groups (broad SMARTS) is 1. The van der Waals surface area contributed by atoms with Crippen LogP contribution < -0.4 is 11.9 Å². The topological polar surface area (TPSA) is 168 Å². The summed E-state index contributed by atoms with van der Waals surface area (Å²) < 4.78 is 8.71. The highest BCUT2D eigenvalue weighted by molar-refractivity contribution is 5.86. The van der Waals surface area contributed by atoms with Crippen molar-refractivity contribution in [2.24, 2.45) is 5.73 Å². The van der Waals surface area contributed by atoms with E-state index >= 15 is 0 Å². The number of amides is 1. The number of carbonyl (C=O) groups is 4. The number of hydrogen-bond donors (Lipinski definition) is 3. The Morgan fingerprint density at radius 2 is 1.44 bits per heavy atom. The van der Waals surface area contributed by atoms with Gasteiger partial charge in [0.25, 0.3) is 0 Å². The monoisotopic (exact) mass is 360 g/mol. The van der Waals surface area contributed by atoms with Crippen molar-refractivity contribution in [3.63, 3.8) is 0 Å². The van der Waals surface area contributed by atoms with Crippen LogP contribution in [0.5, 0.6) is 0 Å². The van der Waals surface area contributed by atoms with Crippen molar-refractivity contribution in [2.45, 2.75) is 13.8 Å². The van der Waals surface area contributed by atoms with Crippen molar-refractivity contribution >= 4 is 23.8 Å². The first kappa shape index (κ1) is 33.4. The maximum atomic E-state index is 10.2. The van der Waals surface area contributed by atoms with Crippen molar-refractivity contribution < 1.29 is 33.8 Å². The first-order valence-corrected chi connectivity index (χ1v) is 6.34. The lowest BCUT2D eigenvalue weighted by atomic mass is 10.4. The summed E-state index contributed by atoms with van der Waals surface area (Å²) in [4.78, 5) is 39.0. The SMILES string of the molecule is C=C(C)C(=O)OC.C=CC(=O)O.C=CC(=O)OCC.C=CC(N)=O.N. The van der Waals surface area contributed by atoms with E-state index in [2.05, 4.69) is 41.5 Å². The van der Waals surface area contributed by atoms with Crippen molar-refractivity contribution in [1.29, 1.82) is 0 Å². The van der Waals surface area contributed by atoms with Crippen LogP contribution in [0.25, 0.3) is 0 Å². The van der Waals surface area contributed by atoms with Gasteiger partial charge >= 0.3 is 17.9 Å². The Labute approximate surface area is 148 Å². The van der Waals surface area contributed by atoms with E-state index in [0.29, 0.717) is 12.2 Å². The molecule has 25 heavy (non-hydrogen) atoms. The van der Waals surface area contributed by atoms with Crippen LogP contribution in [0.3, 0.4) is 0 Å². The molecule has 9 nitrogen and oxygen atoms in total. The molecule has 0 heterocycles. The van der Waals surface area contributed by atoms with Crippen molar-refractivity contribution in [3.8, 4) is 0 Å². The summed E-state index contributed by atoms with van der Waals surface area (Å²) in [6, 6.07) is 0. The molecule has 0 fully saturated rings. The number of nitrogens with two attached hydrogens (primary N) is 1. The number of carbonyl (C=O) groups excluding carboxylic acids is 3. The van der Waals surface area contributed by atoms with E-state index in [9.17, 15) is 19.2 Å². The minimum absolute atomic E-state index is 0. The van der Waals surface area contributed by atoms with Crippen LogP contribution >= 0.6 is 0 Å². The molecule has 144 valence electrons. The molecule has 0 aromatic carbocycles. The first-order chi connectivity index (χ1) is 11.0. The van der Waals surface area contributed by atoms with Gasteiger partial charge in [-0.15, -0.1) is 0 Å². The summed E-state index contributed by atoms with van der Waals surface area (Å²) >= 11 is 0. The van der Waals surface area contributed by atoms with E-state index in [1.807, 2.05) is 0 Å². The third-order valence-corrected chi connectivity index (χ3v) is 1.36. The smallest absolute Gasteiger partial charge is 0.332 e. The highest BCUT2D eigenvalue weighted by atomic mass is 16.5.